The van der Waals surface area contributed by atoms with E-state index in [2.05, 4.69) is 27.7 Å². The fraction of sp³-hybridized carbons (Fsp3) is 0.458. The SMILES string of the molecule is Cn1c2c(O)cccc2c(=O)c2c3c(c4c(c21)CCC(C)(C)O4)CCC(C)(C)O3. The van der Waals surface area contributed by atoms with E-state index in [1.54, 1.807) is 18.2 Å². The average molecular weight is 393 g/mol. The number of aromatic hydroxyl groups is 1. The molecule has 3 heterocycles. The summed E-state index contributed by atoms with van der Waals surface area (Å²) < 4.78 is 14.8. The predicted octanol–water partition coefficient (Wildman–Crippen LogP) is 4.60. The van der Waals surface area contributed by atoms with Crippen molar-refractivity contribution in [3.63, 3.8) is 0 Å². The maximum absolute atomic E-state index is 13.6. The molecule has 3 aromatic rings. The highest BCUT2D eigenvalue weighted by atomic mass is 16.5. The molecule has 0 unspecified atom stereocenters. The first-order chi connectivity index (χ1) is 13.6. The number of hydrogen-bond acceptors (Lipinski definition) is 4. The number of rotatable bonds is 0. The third-order valence-corrected chi connectivity index (χ3v) is 6.44. The highest BCUT2D eigenvalue weighted by molar-refractivity contribution is 6.02. The Labute approximate surface area is 169 Å². The second-order valence-corrected chi connectivity index (χ2v) is 9.62. The Hall–Kier alpha value is -2.69. The van der Waals surface area contributed by atoms with Gasteiger partial charge in [0.1, 0.15) is 28.5 Å². The van der Waals surface area contributed by atoms with E-state index in [0.29, 0.717) is 22.0 Å². The first-order valence-electron chi connectivity index (χ1n) is 10.3. The monoisotopic (exact) mass is 393 g/mol. The fourth-order valence-corrected chi connectivity index (χ4v) is 4.90. The number of para-hydroxylation sites is 1. The van der Waals surface area contributed by atoms with Gasteiger partial charge in [-0.2, -0.15) is 0 Å². The van der Waals surface area contributed by atoms with Crippen molar-refractivity contribution < 1.29 is 14.6 Å². The summed E-state index contributed by atoms with van der Waals surface area (Å²) in [5.74, 6) is 1.62. The van der Waals surface area contributed by atoms with Gasteiger partial charge in [0, 0.05) is 18.2 Å². The van der Waals surface area contributed by atoms with Gasteiger partial charge in [-0.15, -0.1) is 0 Å². The van der Waals surface area contributed by atoms with Gasteiger partial charge in [0.2, 0.25) is 5.43 Å². The van der Waals surface area contributed by atoms with E-state index in [4.69, 9.17) is 9.47 Å². The van der Waals surface area contributed by atoms with Crippen LogP contribution in [0.5, 0.6) is 17.2 Å². The number of benzene rings is 2. The van der Waals surface area contributed by atoms with Crippen LogP contribution in [0, 0.1) is 0 Å². The van der Waals surface area contributed by atoms with Gasteiger partial charge < -0.3 is 19.1 Å². The third-order valence-electron chi connectivity index (χ3n) is 6.44. The van der Waals surface area contributed by atoms with E-state index in [9.17, 15) is 9.90 Å². The number of phenols is 1. The average Bonchev–Trinajstić information content (AvgIpc) is 2.63. The number of nitrogens with zero attached hydrogens (tertiary/aromatic N) is 1. The maximum Gasteiger partial charge on any atom is 0.201 e. The number of pyridine rings is 1. The van der Waals surface area contributed by atoms with Crippen LogP contribution in [0.1, 0.15) is 51.7 Å². The minimum atomic E-state index is -0.350. The Balaban J connectivity index is 2.02. The molecule has 2 aliphatic rings. The van der Waals surface area contributed by atoms with Crippen molar-refractivity contribution >= 4 is 21.8 Å². The number of fused-ring (bicyclic) bond motifs is 7. The summed E-state index contributed by atoms with van der Waals surface area (Å²) in [6, 6.07) is 5.11. The van der Waals surface area contributed by atoms with Crippen LogP contribution in [0.3, 0.4) is 0 Å². The van der Waals surface area contributed by atoms with Crippen molar-refractivity contribution in [3.8, 4) is 17.2 Å². The van der Waals surface area contributed by atoms with Crippen molar-refractivity contribution in [3.05, 3.63) is 39.5 Å². The number of aromatic nitrogens is 1. The summed E-state index contributed by atoms with van der Waals surface area (Å²) in [6.07, 6.45) is 3.38. The van der Waals surface area contributed by atoms with Crippen LogP contribution in [0.4, 0.5) is 0 Å². The molecule has 5 rings (SSSR count). The zero-order chi connectivity index (χ0) is 20.7. The smallest absolute Gasteiger partial charge is 0.201 e. The molecule has 2 aliphatic heterocycles. The highest BCUT2D eigenvalue weighted by Gasteiger charge is 2.38. The van der Waals surface area contributed by atoms with Crippen molar-refractivity contribution in [1.29, 1.82) is 0 Å². The Kier molecular flexibility index (Phi) is 3.59. The van der Waals surface area contributed by atoms with Crippen LogP contribution in [0.15, 0.2) is 23.0 Å². The quantitative estimate of drug-likeness (QED) is 0.567. The van der Waals surface area contributed by atoms with E-state index in [-0.39, 0.29) is 22.4 Å². The van der Waals surface area contributed by atoms with Gasteiger partial charge in [0.25, 0.3) is 0 Å². The molecular formula is C24H27NO4. The Morgan fingerprint density at radius 2 is 1.55 bits per heavy atom. The number of ether oxygens (including phenoxy) is 2. The molecule has 2 aromatic carbocycles. The summed E-state index contributed by atoms with van der Waals surface area (Å²) in [6.45, 7) is 8.32. The fourth-order valence-electron chi connectivity index (χ4n) is 4.90. The molecule has 0 aliphatic carbocycles. The normalized spacial score (nSPS) is 19.3. The molecule has 0 spiro atoms. The van der Waals surface area contributed by atoms with Crippen LogP contribution in [-0.4, -0.2) is 20.9 Å². The van der Waals surface area contributed by atoms with E-state index in [1.165, 1.54) is 0 Å². The molecule has 0 saturated carbocycles. The number of hydrogen-bond donors (Lipinski definition) is 1. The molecular weight excluding hydrogens is 366 g/mol. The van der Waals surface area contributed by atoms with Crippen molar-refractivity contribution in [2.45, 2.75) is 64.6 Å². The highest BCUT2D eigenvalue weighted by Crippen LogP contribution is 2.49. The van der Waals surface area contributed by atoms with Crippen LogP contribution in [0.25, 0.3) is 21.8 Å². The molecule has 0 saturated heterocycles. The first-order valence-corrected chi connectivity index (χ1v) is 10.3. The molecule has 0 amide bonds. The number of aryl methyl sites for hydroxylation is 2. The maximum atomic E-state index is 13.6. The molecule has 0 atom stereocenters. The summed E-state index contributed by atoms with van der Waals surface area (Å²) in [4.78, 5) is 13.6. The lowest BCUT2D eigenvalue weighted by Crippen LogP contribution is -2.37. The zero-order valence-corrected chi connectivity index (χ0v) is 17.7. The molecule has 0 bridgehead atoms. The largest absolute Gasteiger partial charge is 0.506 e. The third kappa shape index (κ3) is 2.56. The Morgan fingerprint density at radius 3 is 2.24 bits per heavy atom. The lowest BCUT2D eigenvalue weighted by atomic mass is 9.85. The topological polar surface area (TPSA) is 60.7 Å². The molecule has 0 fully saturated rings. The molecule has 1 N–H and O–H groups in total. The second kappa shape index (κ2) is 5.68. The molecule has 1 aromatic heterocycles. The van der Waals surface area contributed by atoms with Gasteiger partial charge in [0.15, 0.2) is 0 Å². The predicted molar refractivity (Wildman–Crippen MR) is 114 cm³/mol. The minimum absolute atomic E-state index is 0.0921. The van der Waals surface area contributed by atoms with Gasteiger partial charge >= 0.3 is 0 Å². The Morgan fingerprint density at radius 1 is 0.931 bits per heavy atom. The zero-order valence-electron chi connectivity index (χ0n) is 17.7. The standard InChI is InChI=1S/C24H27NO4/c1-23(2)11-9-14-19-17(20(27)13-7-6-8-16(26)18(13)25(19)5)22-15(21(14)28-23)10-12-24(3,4)29-22/h6-8,26H,9-12H2,1-5H3. The summed E-state index contributed by atoms with van der Waals surface area (Å²) in [5, 5.41) is 11.6. The van der Waals surface area contributed by atoms with Gasteiger partial charge in [-0.1, -0.05) is 6.07 Å². The lowest BCUT2D eigenvalue weighted by molar-refractivity contribution is 0.0684. The van der Waals surface area contributed by atoms with Crippen molar-refractivity contribution in [1.82, 2.24) is 4.57 Å². The van der Waals surface area contributed by atoms with Gasteiger partial charge in [-0.3, -0.25) is 4.79 Å². The van der Waals surface area contributed by atoms with E-state index >= 15 is 0 Å². The second-order valence-electron chi connectivity index (χ2n) is 9.62. The lowest BCUT2D eigenvalue weighted by Gasteiger charge is -2.39. The van der Waals surface area contributed by atoms with Crippen LogP contribution < -0.4 is 14.9 Å². The van der Waals surface area contributed by atoms with E-state index < -0.39 is 0 Å². The van der Waals surface area contributed by atoms with Gasteiger partial charge in [-0.05, 0) is 65.5 Å². The first kappa shape index (κ1) is 18.3. The van der Waals surface area contributed by atoms with Gasteiger partial charge in [0.05, 0.1) is 21.8 Å². The van der Waals surface area contributed by atoms with Crippen LogP contribution in [0.2, 0.25) is 0 Å². The van der Waals surface area contributed by atoms with E-state index in [1.807, 2.05) is 11.6 Å². The molecule has 5 nitrogen and oxygen atoms in total. The summed E-state index contributed by atoms with van der Waals surface area (Å²) in [7, 11) is 1.91. The van der Waals surface area contributed by atoms with E-state index in [0.717, 1.165) is 48.1 Å². The number of phenolic OH excluding ortho intramolecular Hbond substituents is 1. The molecule has 5 heteroatoms. The summed E-state index contributed by atoms with van der Waals surface area (Å²) in [5.41, 5.74) is 2.71. The van der Waals surface area contributed by atoms with Crippen molar-refractivity contribution in [2.75, 3.05) is 0 Å². The summed E-state index contributed by atoms with van der Waals surface area (Å²) >= 11 is 0. The molecule has 29 heavy (non-hydrogen) atoms. The minimum Gasteiger partial charge on any atom is -0.506 e. The van der Waals surface area contributed by atoms with Gasteiger partial charge in [-0.25, -0.2) is 0 Å². The molecule has 152 valence electrons. The molecule has 0 radical (unpaired) electrons. The van der Waals surface area contributed by atoms with Crippen LogP contribution in [-0.2, 0) is 19.9 Å². The van der Waals surface area contributed by atoms with Crippen molar-refractivity contribution in [2.24, 2.45) is 7.05 Å². The Bertz CT molecular complexity index is 1250. The van der Waals surface area contributed by atoms with Crippen LogP contribution >= 0.6 is 0 Å².